The van der Waals surface area contributed by atoms with E-state index >= 15 is 9.59 Å². The van der Waals surface area contributed by atoms with Crippen molar-refractivity contribution >= 4 is 53.8 Å². The number of nitriles is 1. The van der Waals surface area contributed by atoms with Gasteiger partial charge in [-0.05, 0) is 107 Å². The van der Waals surface area contributed by atoms with E-state index in [-0.39, 0.29) is 38.1 Å². The molecule has 0 saturated heterocycles. The van der Waals surface area contributed by atoms with Crippen molar-refractivity contribution < 1.29 is 46.5 Å². The van der Waals surface area contributed by atoms with E-state index in [0.717, 1.165) is 44.3 Å². The average molecular weight is 1330 g/mol. The molecule has 0 aliphatic carbocycles. The van der Waals surface area contributed by atoms with E-state index < -0.39 is 51.0 Å². The van der Waals surface area contributed by atoms with Gasteiger partial charge >= 0.3 is 19.8 Å². The summed E-state index contributed by atoms with van der Waals surface area (Å²) in [5, 5.41) is 11.7. The van der Waals surface area contributed by atoms with E-state index in [4.69, 9.17) is 35.3 Å². The number of hydrogen-bond acceptors (Lipinski definition) is 12. The lowest BCUT2D eigenvalue weighted by molar-refractivity contribution is -0.870. The lowest BCUT2D eigenvalue weighted by atomic mass is 9.42. The Morgan fingerprint density at radius 3 is 1.42 bits per heavy atom. The fourth-order valence-corrected chi connectivity index (χ4v) is 17.8. The number of carbonyl (C=O) groups excluding carboxylic acids is 3. The van der Waals surface area contributed by atoms with Gasteiger partial charge in [-0.15, -0.1) is 11.8 Å². The SMILES string of the molecule is CCCCCCCCCCCCCCN(CCCCCCCCCCCCCC)C(=O)CCC(C)(C#N)C(CC)(CC)CC(C)(C(=O)OC)C(C)(CC)C(C)(CC)CC(C)(C(=O)OCCOP(=O)(OC)OCC[N+](C)(C)C)C(CC)(CC)SC(=S)c1ccccc1. The molecule has 0 aliphatic heterocycles. The van der Waals surface area contributed by atoms with Crippen molar-refractivity contribution in [3.63, 3.8) is 0 Å². The van der Waals surface area contributed by atoms with E-state index in [1.165, 1.54) is 154 Å². The first kappa shape index (κ1) is 86.6. The second-order valence-electron chi connectivity index (χ2n) is 29.1. The van der Waals surface area contributed by atoms with Crippen LogP contribution in [0.1, 0.15) is 314 Å². The zero-order valence-electron chi connectivity index (χ0n) is 62.0. The molecule has 528 valence electrons. The standard InChI is InChI=1S/C76H139N3O9PS2/c1-19-27-29-31-33-35-37-39-41-43-45-50-56-78(57-51-46-44-42-40-38-36-34-32-30-28-20-2)66(80)54-55-71(10,64-77)75(23-5,24-6)63-72(11,68(81)84-17)74(13,22-4)70(9,21-3)62-73(12,76(25-7,26-8)91-67(90)65-52-48-47-49-53-65)69(82)86-60-61-88-89(83,85-18)87-59-58-79(14,15)16/h47-49,52-53H,19-46,50-51,54-63H2,1-18H3/q+1. The second-order valence-corrected chi connectivity index (χ2v) is 32.9. The fraction of sp³-hybridized carbons (Fsp3) is 0.855. The van der Waals surface area contributed by atoms with Crippen LogP contribution in [0.4, 0.5) is 0 Å². The van der Waals surface area contributed by atoms with Crippen LogP contribution in [0, 0.1) is 43.8 Å². The van der Waals surface area contributed by atoms with Crippen LogP contribution in [0.5, 0.6) is 0 Å². The third-order valence-electron chi connectivity index (χ3n) is 22.3. The number of carbonyl (C=O) groups is 3. The van der Waals surface area contributed by atoms with Crippen molar-refractivity contribution in [1.82, 2.24) is 4.90 Å². The maximum absolute atomic E-state index is 15.6. The Labute approximate surface area is 569 Å². The molecule has 0 aromatic heterocycles. The number of phosphoric acid groups is 1. The van der Waals surface area contributed by atoms with E-state index in [1.54, 1.807) is 0 Å². The number of quaternary nitrogens is 1. The number of benzene rings is 1. The van der Waals surface area contributed by atoms with E-state index in [9.17, 15) is 14.6 Å². The van der Waals surface area contributed by atoms with Crippen molar-refractivity contribution in [3.8, 4) is 6.07 Å². The van der Waals surface area contributed by atoms with Crippen molar-refractivity contribution in [2.75, 3.05) is 74.8 Å². The number of thioether (sulfide) groups is 1. The zero-order valence-corrected chi connectivity index (χ0v) is 64.5. The van der Waals surface area contributed by atoms with Crippen LogP contribution in [0.3, 0.4) is 0 Å². The molecule has 6 atom stereocenters. The first-order valence-electron chi connectivity index (χ1n) is 36.6. The van der Waals surface area contributed by atoms with Gasteiger partial charge in [-0.3, -0.25) is 28.0 Å². The second kappa shape index (κ2) is 44.5. The van der Waals surface area contributed by atoms with E-state index in [0.29, 0.717) is 73.0 Å². The number of thiocarbonyl (C=S) groups is 1. The molecule has 0 N–H and O–H groups in total. The predicted octanol–water partition coefficient (Wildman–Crippen LogP) is 21.8. The number of amides is 1. The summed E-state index contributed by atoms with van der Waals surface area (Å²) < 4.78 is 43.0. The lowest BCUT2D eigenvalue weighted by Gasteiger charge is -2.61. The number of likely N-dealkylation sites (N-methyl/N-ethyl adjacent to an activating group) is 1. The fourth-order valence-electron chi connectivity index (χ4n) is 15.0. The minimum Gasteiger partial charge on any atom is -0.469 e. The molecule has 0 spiro atoms. The summed E-state index contributed by atoms with van der Waals surface area (Å²) in [7, 11) is 4.80. The summed E-state index contributed by atoms with van der Waals surface area (Å²) in [5.74, 6) is -0.695. The van der Waals surface area contributed by atoms with E-state index in [1.807, 2.05) is 72.2 Å². The number of phosphoric ester groups is 1. The van der Waals surface area contributed by atoms with Crippen molar-refractivity contribution in [2.45, 2.75) is 313 Å². The molecule has 1 aromatic rings. The predicted molar refractivity (Wildman–Crippen MR) is 388 cm³/mol. The first-order chi connectivity index (χ1) is 43.1. The molecule has 0 radical (unpaired) electrons. The van der Waals surface area contributed by atoms with Gasteiger partial charge in [-0.1, -0.05) is 259 Å². The molecule has 0 bridgehead atoms. The van der Waals surface area contributed by atoms with Gasteiger partial charge in [0.1, 0.15) is 19.8 Å². The minimum atomic E-state index is -3.96. The molecule has 1 rings (SSSR count). The van der Waals surface area contributed by atoms with Gasteiger partial charge in [0.05, 0.1) is 61.4 Å². The highest BCUT2D eigenvalue weighted by Crippen LogP contribution is 2.68. The number of esters is 2. The van der Waals surface area contributed by atoms with Gasteiger partial charge in [-0.25, -0.2) is 4.57 Å². The van der Waals surface area contributed by atoms with Crippen LogP contribution in [0.2, 0.25) is 0 Å². The maximum Gasteiger partial charge on any atom is 0.474 e. The molecular formula is C76H139N3O9PS2+. The molecular weight excluding hydrogens is 1190 g/mol. The van der Waals surface area contributed by atoms with Crippen molar-refractivity contribution in [1.29, 1.82) is 5.26 Å². The Morgan fingerprint density at radius 1 is 0.582 bits per heavy atom. The lowest BCUT2D eigenvalue weighted by Crippen LogP contribution is -2.60. The third-order valence-corrected chi connectivity index (χ3v) is 26.1. The van der Waals surface area contributed by atoms with Gasteiger partial charge < -0.3 is 18.9 Å². The van der Waals surface area contributed by atoms with Gasteiger partial charge in [0.15, 0.2) is 0 Å². The number of unbranched alkanes of at least 4 members (excludes halogenated alkanes) is 22. The van der Waals surface area contributed by atoms with Crippen molar-refractivity contribution in [3.05, 3.63) is 35.9 Å². The summed E-state index contributed by atoms with van der Waals surface area (Å²) in [6, 6.07) is 12.7. The smallest absolute Gasteiger partial charge is 0.469 e. The summed E-state index contributed by atoms with van der Waals surface area (Å²) in [6.45, 7) is 29.5. The summed E-state index contributed by atoms with van der Waals surface area (Å²) in [5.41, 5.74) is -4.91. The number of hydrogen-bond donors (Lipinski definition) is 0. The molecule has 0 saturated carbocycles. The monoisotopic (exact) mass is 1330 g/mol. The zero-order chi connectivity index (χ0) is 68.7. The largest absolute Gasteiger partial charge is 0.474 e. The Bertz CT molecular complexity index is 2240. The minimum absolute atomic E-state index is 0.121. The first-order valence-corrected chi connectivity index (χ1v) is 39.3. The van der Waals surface area contributed by atoms with Crippen LogP contribution >= 0.6 is 31.8 Å². The number of methoxy groups -OCH3 is 1. The summed E-state index contributed by atoms with van der Waals surface area (Å²) in [4.78, 5) is 48.0. The van der Waals surface area contributed by atoms with Gasteiger partial charge in [0, 0.05) is 31.4 Å². The van der Waals surface area contributed by atoms with Gasteiger partial charge in [0.25, 0.3) is 0 Å². The van der Waals surface area contributed by atoms with Gasteiger partial charge in [0.2, 0.25) is 5.91 Å². The van der Waals surface area contributed by atoms with Crippen LogP contribution in [-0.4, -0.2) is 111 Å². The van der Waals surface area contributed by atoms with Crippen LogP contribution in [0.25, 0.3) is 0 Å². The highest BCUT2D eigenvalue weighted by Gasteiger charge is 2.66. The number of ether oxygens (including phenoxy) is 2. The Morgan fingerprint density at radius 2 is 1.03 bits per heavy atom. The normalized spacial score (nSPS) is 16.3. The van der Waals surface area contributed by atoms with Gasteiger partial charge in [-0.2, -0.15) is 5.26 Å². The Balaban J connectivity index is 3.82. The number of nitrogens with zero attached hydrogens (tertiary/aromatic N) is 3. The Hall–Kier alpha value is -2.37. The highest BCUT2D eigenvalue weighted by molar-refractivity contribution is 8.24. The molecule has 0 heterocycles. The van der Waals surface area contributed by atoms with Crippen LogP contribution in [0.15, 0.2) is 30.3 Å². The van der Waals surface area contributed by atoms with Crippen molar-refractivity contribution in [2.24, 2.45) is 32.5 Å². The number of rotatable bonds is 56. The quantitative estimate of drug-likeness (QED) is 0.0201. The van der Waals surface area contributed by atoms with Crippen LogP contribution in [-0.2, 0) is 42.0 Å². The molecule has 91 heavy (non-hydrogen) atoms. The van der Waals surface area contributed by atoms with Crippen LogP contribution < -0.4 is 0 Å². The third kappa shape index (κ3) is 26.9. The average Bonchev–Trinajstić information content (AvgIpc) is 0.739. The molecule has 15 heteroatoms. The maximum atomic E-state index is 15.6. The molecule has 1 aromatic carbocycles. The molecule has 12 nitrogen and oxygen atoms in total. The molecule has 0 aliphatic rings. The molecule has 0 fully saturated rings. The molecule has 1 amide bonds. The molecule has 6 unspecified atom stereocenters. The summed E-state index contributed by atoms with van der Waals surface area (Å²) >= 11 is 7.80. The van der Waals surface area contributed by atoms with E-state index in [2.05, 4.69) is 80.2 Å². The topological polar surface area (TPSA) is 141 Å². The highest BCUT2D eigenvalue weighted by atomic mass is 32.2. The summed E-state index contributed by atoms with van der Waals surface area (Å²) in [6.07, 6.45) is 35.0. The Kier molecular flexibility index (Phi) is 42.3.